The number of rotatable bonds is 4. The predicted octanol–water partition coefficient (Wildman–Crippen LogP) is 2.36. The standard InChI is InChI=1S/C16H20N4O4S/c1-11-14(25(21,22)20-7-5-4-6-8-20)9-13(23-11)15-18-12(10-17)16(24-15)19(2)3/h9H,4-8H2,1-3H3. The molecule has 3 heterocycles. The number of nitrogens with zero attached hydrogens (tertiary/aromatic N) is 4. The van der Waals surface area contributed by atoms with Gasteiger partial charge in [-0.2, -0.15) is 14.6 Å². The molecule has 0 bridgehead atoms. The molecule has 0 spiro atoms. The summed E-state index contributed by atoms with van der Waals surface area (Å²) in [6.45, 7) is 2.64. The molecule has 1 saturated heterocycles. The zero-order chi connectivity index (χ0) is 18.2. The molecular weight excluding hydrogens is 344 g/mol. The van der Waals surface area contributed by atoms with Crippen molar-refractivity contribution in [2.45, 2.75) is 31.1 Å². The quantitative estimate of drug-likeness (QED) is 0.820. The number of aromatic nitrogens is 1. The van der Waals surface area contributed by atoms with E-state index in [4.69, 9.17) is 14.1 Å². The smallest absolute Gasteiger partial charge is 0.266 e. The summed E-state index contributed by atoms with van der Waals surface area (Å²) >= 11 is 0. The number of sulfonamides is 1. The largest absolute Gasteiger partial charge is 0.455 e. The van der Waals surface area contributed by atoms with Crippen LogP contribution in [0.3, 0.4) is 0 Å². The van der Waals surface area contributed by atoms with E-state index in [1.807, 2.05) is 6.07 Å². The first-order valence-electron chi connectivity index (χ1n) is 8.04. The van der Waals surface area contributed by atoms with Crippen molar-refractivity contribution in [3.8, 4) is 17.7 Å². The Balaban J connectivity index is 1.99. The first-order chi connectivity index (χ1) is 11.8. The van der Waals surface area contributed by atoms with Gasteiger partial charge in [-0.3, -0.25) is 0 Å². The molecular formula is C16H20N4O4S. The van der Waals surface area contributed by atoms with Crippen LogP contribution in [0.2, 0.25) is 0 Å². The van der Waals surface area contributed by atoms with E-state index in [0.29, 0.717) is 19.0 Å². The van der Waals surface area contributed by atoms with Crippen LogP contribution in [0.15, 0.2) is 19.8 Å². The first kappa shape index (κ1) is 17.5. The molecule has 0 aromatic carbocycles. The van der Waals surface area contributed by atoms with Crippen LogP contribution in [0.25, 0.3) is 11.7 Å². The molecule has 0 amide bonds. The average Bonchev–Trinajstić information content (AvgIpc) is 3.19. The fourth-order valence-electron chi connectivity index (χ4n) is 2.86. The first-order valence-corrected chi connectivity index (χ1v) is 9.48. The van der Waals surface area contributed by atoms with Gasteiger partial charge in [-0.1, -0.05) is 6.42 Å². The van der Waals surface area contributed by atoms with Gasteiger partial charge in [0.05, 0.1) is 0 Å². The summed E-state index contributed by atoms with van der Waals surface area (Å²) in [5, 5.41) is 9.15. The molecule has 8 nitrogen and oxygen atoms in total. The van der Waals surface area contributed by atoms with Crippen molar-refractivity contribution in [3.63, 3.8) is 0 Å². The van der Waals surface area contributed by atoms with E-state index in [-0.39, 0.29) is 28.0 Å². The highest BCUT2D eigenvalue weighted by Gasteiger charge is 2.31. The summed E-state index contributed by atoms with van der Waals surface area (Å²) in [6.07, 6.45) is 2.77. The summed E-state index contributed by atoms with van der Waals surface area (Å²) in [7, 11) is -0.156. The number of hydrogen-bond donors (Lipinski definition) is 0. The van der Waals surface area contributed by atoms with E-state index in [9.17, 15) is 8.42 Å². The second kappa shape index (κ2) is 6.54. The molecule has 0 N–H and O–H groups in total. The molecule has 9 heteroatoms. The van der Waals surface area contributed by atoms with Crippen molar-refractivity contribution in [3.05, 3.63) is 17.5 Å². The third kappa shape index (κ3) is 3.15. The highest BCUT2D eigenvalue weighted by Crippen LogP contribution is 2.33. The van der Waals surface area contributed by atoms with Gasteiger partial charge in [-0.25, -0.2) is 8.42 Å². The van der Waals surface area contributed by atoms with Gasteiger partial charge in [0, 0.05) is 33.3 Å². The van der Waals surface area contributed by atoms with Crippen LogP contribution in [0.4, 0.5) is 5.88 Å². The molecule has 0 radical (unpaired) electrons. The topological polar surface area (TPSA) is 104 Å². The highest BCUT2D eigenvalue weighted by molar-refractivity contribution is 7.89. The lowest BCUT2D eigenvalue weighted by molar-refractivity contribution is 0.346. The lowest BCUT2D eigenvalue weighted by atomic mass is 10.2. The van der Waals surface area contributed by atoms with Crippen molar-refractivity contribution >= 4 is 15.9 Å². The lowest BCUT2D eigenvalue weighted by Gasteiger charge is -2.25. The Hall–Kier alpha value is -2.31. The Kier molecular flexibility index (Phi) is 4.58. The summed E-state index contributed by atoms with van der Waals surface area (Å²) in [4.78, 5) is 5.84. The van der Waals surface area contributed by atoms with Crippen molar-refractivity contribution < 1.29 is 17.3 Å². The van der Waals surface area contributed by atoms with Crippen LogP contribution in [0.5, 0.6) is 0 Å². The zero-order valence-corrected chi connectivity index (χ0v) is 15.3. The Morgan fingerprint density at radius 1 is 1.24 bits per heavy atom. The molecule has 134 valence electrons. The predicted molar refractivity (Wildman–Crippen MR) is 90.6 cm³/mol. The monoisotopic (exact) mass is 364 g/mol. The van der Waals surface area contributed by atoms with Crippen molar-refractivity contribution in [2.24, 2.45) is 0 Å². The van der Waals surface area contributed by atoms with Crippen LogP contribution in [-0.4, -0.2) is 44.9 Å². The van der Waals surface area contributed by atoms with E-state index in [1.165, 1.54) is 10.4 Å². The summed E-state index contributed by atoms with van der Waals surface area (Å²) in [5.41, 5.74) is 0.120. The minimum absolute atomic E-state index is 0.0865. The fourth-order valence-corrected chi connectivity index (χ4v) is 4.54. The molecule has 1 aliphatic heterocycles. The Morgan fingerprint density at radius 2 is 1.92 bits per heavy atom. The average molecular weight is 364 g/mol. The molecule has 2 aromatic rings. The van der Waals surface area contributed by atoms with E-state index in [0.717, 1.165) is 19.3 Å². The molecule has 3 rings (SSSR count). The number of furan rings is 1. The van der Waals surface area contributed by atoms with Gasteiger partial charge in [0.25, 0.3) is 5.89 Å². The molecule has 1 aliphatic rings. The minimum atomic E-state index is -3.61. The Bertz CT molecular complexity index is 915. The number of oxazole rings is 1. The van der Waals surface area contributed by atoms with Crippen LogP contribution in [0.1, 0.15) is 30.7 Å². The van der Waals surface area contributed by atoms with Crippen LogP contribution in [-0.2, 0) is 10.0 Å². The fraction of sp³-hybridized carbons (Fsp3) is 0.500. The van der Waals surface area contributed by atoms with Crippen molar-refractivity contribution in [2.75, 3.05) is 32.1 Å². The van der Waals surface area contributed by atoms with Gasteiger partial charge in [0.1, 0.15) is 16.7 Å². The second-order valence-corrected chi connectivity index (χ2v) is 8.08. The molecule has 25 heavy (non-hydrogen) atoms. The number of piperidine rings is 1. The number of anilines is 1. The van der Waals surface area contributed by atoms with Gasteiger partial charge in [-0.05, 0) is 19.8 Å². The van der Waals surface area contributed by atoms with Gasteiger partial charge >= 0.3 is 0 Å². The van der Waals surface area contributed by atoms with E-state index in [2.05, 4.69) is 4.98 Å². The SMILES string of the molecule is Cc1oc(-c2nc(C#N)c(N(C)C)o2)cc1S(=O)(=O)N1CCCCC1. The highest BCUT2D eigenvalue weighted by atomic mass is 32.2. The third-order valence-electron chi connectivity index (χ3n) is 4.14. The van der Waals surface area contributed by atoms with Gasteiger partial charge in [-0.15, -0.1) is 0 Å². The van der Waals surface area contributed by atoms with Gasteiger partial charge in [0.15, 0.2) is 5.76 Å². The number of aryl methyl sites for hydroxylation is 1. The Morgan fingerprint density at radius 3 is 2.48 bits per heavy atom. The van der Waals surface area contributed by atoms with E-state index < -0.39 is 10.0 Å². The van der Waals surface area contributed by atoms with Gasteiger partial charge < -0.3 is 13.7 Å². The maximum absolute atomic E-state index is 12.8. The minimum Gasteiger partial charge on any atom is -0.455 e. The normalized spacial score (nSPS) is 15.9. The second-order valence-electron chi connectivity index (χ2n) is 6.17. The molecule has 0 unspecified atom stereocenters. The molecule has 0 saturated carbocycles. The molecule has 2 aromatic heterocycles. The van der Waals surface area contributed by atoms with Crippen LogP contribution < -0.4 is 4.90 Å². The molecule has 0 aliphatic carbocycles. The number of nitriles is 1. The molecule has 0 atom stereocenters. The van der Waals surface area contributed by atoms with E-state index in [1.54, 1.807) is 25.9 Å². The van der Waals surface area contributed by atoms with E-state index >= 15 is 0 Å². The summed E-state index contributed by atoms with van der Waals surface area (Å²) < 4.78 is 38.3. The maximum atomic E-state index is 12.8. The zero-order valence-electron chi connectivity index (χ0n) is 14.4. The van der Waals surface area contributed by atoms with Crippen LogP contribution in [0, 0.1) is 18.3 Å². The lowest BCUT2D eigenvalue weighted by Crippen LogP contribution is -2.35. The van der Waals surface area contributed by atoms with Crippen molar-refractivity contribution in [1.82, 2.24) is 9.29 Å². The third-order valence-corrected chi connectivity index (χ3v) is 6.14. The summed E-state index contributed by atoms with van der Waals surface area (Å²) in [6, 6.07) is 3.38. The van der Waals surface area contributed by atoms with Crippen molar-refractivity contribution in [1.29, 1.82) is 5.26 Å². The number of hydrogen-bond acceptors (Lipinski definition) is 7. The van der Waals surface area contributed by atoms with Crippen LogP contribution >= 0.6 is 0 Å². The Labute approximate surface area is 146 Å². The van der Waals surface area contributed by atoms with Gasteiger partial charge in [0.2, 0.25) is 21.6 Å². The summed E-state index contributed by atoms with van der Waals surface area (Å²) in [5.74, 6) is 0.858. The maximum Gasteiger partial charge on any atom is 0.266 e. The molecule has 1 fully saturated rings.